The van der Waals surface area contributed by atoms with E-state index >= 15 is 0 Å². The number of halogens is 2. The van der Waals surface area contributed by atoms with Crippen LogP contribution < -0.4 is 9.62 Å². The first kappa shape index (κ1) is 29.1. The van der Waals surface area contributed by atoms with Gasteiger partial charge < -0.3 is 10.2 Å². The molecule has 0 bridgehead atoms. The number of carbonyl (C=O) groups excluding carboxylic acids is 2. The number of carbonyl (C=O) groups is 2. The largest absolute Gasteiger partial charge is 0.354 e. The number of nitrogens with one attached hydrogen (secondary N) is 1. The van der Waals surface area contributed by atoms with E-state index in [1.54, 1.807) is 25.1 Å². The van der Waals surface area contributed by atoms with E-state index in [0.717, 1.165) is 34.8 Å². The van der Waals surface area contributed by atoms with Crippen LogP contribution in [0.3, 0.4) is 0 Å². The van der Waals surface area contributed by atoms with Gasteiger partial charge in [-0.05, 0) is 49.2 Å². The van der Waals surface area contributed by atoms with Crippen LogP contribution in [0.4, 0.5) is 10.1 Å². The minimum atomic E-state index is -4.24. The van der Waals surface area contributed by atoms with Gasteiger partial charge in [-0.2, -0.15) is 0 Å². The quantitative estimate of drug-likeness (QED) is 0.316. The summed E-state index contributed by atoms with van der Waals surface area (Å²) in [5.74, 6) is -1.67. The maximum atomic E-state index is 13.9. The van der Waals surface area contributed by atoms with E-state index in [9.17, 15) is 22.4 Å². The van der Waals surface area contributed by atoms with Crippen LogP contribution >= 0.6 is 11.6 Å². The number of anilines is 1. The fourth-order valence-corrected chi connectivity index (χ4v) is 5.39. The first-order valence-electron chi connectivity index (χ1n) is 12.3. The van der Waals surface area contributed by atoms with Crippen molar-refractivity contribution < 1.29 is 22.4 Å². The van der Waals surface area contributed by atoms with E-state index in [1.165, 1.54) is 23.1 Å². The Morgan fingerprint density at radius 1 is 1.00 bits per heavy atom. The van der Waals surface area contributed by atoms with Crippen molar-refractivity contribution in [1.82, 2.24) is 10.2 Å². The minimum absolute atomic E-state index is 0.0216. The fourth-order valence-electron chi connectivity index (χ4n) is 3.79. The maximum absolute atomic E-state index is 13.9. The van der Waals surface area contributed by atoms with E-state index in [4.69, 9.17) is 11.6 Å². The SMILES string of the molecule is CCCCNC(=O)[C@@H](C)N(Cc1ccccc1)C(=O)CN(c1ccc(F)c(Cl)c1)S(=O)(=O)c1ccccc1. The molecule has 3 rings (SSSR count). The average Bonchev–Trinajstić information content (AvgIpc) is 2.92. The molecular formula is C28H31ClFN3O4S. The second-order valence-electron chi connectivity index (χ2n) is 8.75. The molecule has 1 atom stereocenters. The van der Waals surface area contributed by atoms with E-state index in [-0.39, 0.29) is 28.1 Å². The van der Waals surface area contributed by atoms with Crippen molar-refractivity contribution in [2.24, 2.45) is 0 Å². The summed E-state index contributed by atoms with van der Waals surface area (Å²) < 4.78 is 42.1. The summed E-state index contributed by atoms with van der Waals surface area (Å²) in [4.78, 5) is 28.0. The van der Waals surface area contributed by atoms with Crippen molar-refractivity contribution in [3.05, 3.63) is 95.3 Å². The molecule has 3 aromatic rings. The third-order valence-corrected chi connectivity index (χ3v) is 8.07. The Labute approximate surface area is 228 Å². The lowest BCUT2D eigenvalue weighted by atomic mass is 10.1. The van der Waals surface area contributed by atoms with Crippen LogP contribution in [0.1, 0.15) is 32.3 Å². The first-order valence-corrected chi connectivity index (χ1v) is 14.1. The number of rotatable bonds is 12. The molecule has 0 radical (unpaired) electrons. The number of nitrogens with zero attached hydrogens (tertiary/aromatic N) is 2. The highest BCUT2D eigenvalue weighted by molar-refractivity contribution is 7.92. The molecule has 2 amide bonds. The van der Waals surface area contributed by atoms with Crippen molar-refractivity contribution in [1.29, 1.82) is 0 Å². The second kappa shape index (κ2) is 13.4. The van der Waals surface area contributed by atoms with Gasteiger partial charge in [0.2, 0.25) is 11.8 Å². The van der Waals surface area contributed by atoms with Crippen LogP contribution in [0.5, 0.6) is 0 Å². The van der Waals surface area contributed by atoms with Crippen LogP contribution in [0, 0.1) is 5.82 Å². The molecule has 10 heteroatoms. The van der Waals surface area contributed by atoms with Crippen molar-refractivity contribution >= 4 is 39.1 Å². The molecule has 0 aliphatic carbocycles. The molecule has 7 nitrogen and oxygen atoms in total. The topological polar surface area (TPSA) is 86.8 Å². The summed E-state index contributed by atoms with van der Waals surface area (Å²) in [6.45, 7) is 3.54. The number of hydrogen-bond donors (Lipinski definition) is 1. The van der Waals surface area contributed by atoms with Gasteiger partial charge in [-0.3, -0.25) is 13.9 Å². The van der Waals surface area contributed by atoms with Gasteiger partial charge in [0.25, 0.3) is 10.0 Å². The Bertz CT molecular complexity index is 1340. The molecule has 0 saturated heterocycles. The summed E-state index contributed by atoms with van der Waals surface area (Å²) >= 11 is 5.97. The normalized spacial score (nSPS) is 12.0. The number of amides is 2. The Balaban J connectivity index is 1.99. The lowest BCUT2D eigenvalue weighted by molar-refractivity contribution is -0.139. The van der Waals surface area contributed by atoms with Crippen LogP contribution in [-0.4, -0.2) is 44.3 Å². The molecule has 0 spiro atoms. The lowest BCUT2D eigenvalue weighted by Crippen LogP contribution is -2.51. The van der Waals surface area contributed by atoms with E-state index in [2.05, 4.69) is 5.32 Å². The van der Waals surface area contributed by atoms with Gasteiger partial charge in [0.1, 0.15) is 18.4 Å². The van der Waals surface area contributed by atoms with Gasteiger partial charge in [-0.25, -0.2) is 12.8 Å². The van der Waals surface area contributed by atoms with Crippen molar-refractivity contribution in [3.63, 3.8) is 0 Å². The van der Waals surface area contributed by atoms with Crippen LogP contribution in [0.2, 0.25) is 5.02 Å². The smallest absolute Gasteiger partial charge is 0.264 e. The molecule has 0 heterocycles. The summed E-state index contributed by atoms with van der Waals surface area (Å²) in [6, 6.07) is 19.3. The predicted octanol–water partition coefficient (Wildman–Crippen LogP) is 5.01. The summed E-state index contributed by atoms with van der Waals surface area (Å²) in [5, 5.41) is 2.55. The lowest BCUT2D eigenvalue weighted by Gasteiger charge is -2.32. The van der Waals surface area contributed by atoms with Gasteiger partial charge in [-0.15, -0.1) is 0 Å². The molecule has 38 heavy (non-hydrogen) atoms. The van der Waals surface area contributed by atoms with Gasteiger partial charge in [0.15, 0.2) is 0 Å². The molecule has 3 aromatic carbocycles. The third kappa shape index (κ3) is 7.33. The summed E-state index contributed by atoms with van der Waals surface area (Å²) in [5.41, 5.74) is 0.796. The zero-order valence-corrected chi connectivity index (χ0v) is 22.9. The molecule has 0 aromatic heterocycles. The standard InChI is InChI=1S/C28H31ClFN3O4S/c1-3-4-17-31-28(35)21(2)32(19-22-11-7-5-8-12-22)27(34)20-33(23-15-16-26(30)25(29)18-23)38(36,37)24-13-9-6-10-14-24/h5-16,18,21H,3-4,17,19-20H2,1-2H3,(H,31,35)/t21-/m1/s1. The van der Waals surface area contributed by atoms with E-state index < -0.39 is 34.3 Å². The second-order valence-corrected chi connectivity index (χ2v) is 11.0. The minimum Gasteiger partial charge on any atom is -0.354 e. The Hall–Kier alpha value is -3.43. The molecule has 0 unspecified atom stereocenters. The predicted molar refractivity (Wildman–Crippen MR) is 147 cm³/mol. The number of hydrogen-bond acceptors (Lipinski definition) is 4. The Morgan fingerprint density at radius 3 is 2.24 bits per heavy atom. The fraction of sp³-hybridized carbons (Fsp3) is 0.286. The van der Waals surface area contributed by atoms with Crippen molar-refractivity contribution in [2.45, 2.75) is 44.2 Å². The van der Waals surface area contributed by atoms with Gasteiger partial charge in [-0.1, -0.05) is 73.5 Å². The first-order chi connectivity index (χ1) is 18.1. The molecular weight excluding hydrogens is 529 g/mol. The zero-order chi connectivity index (χ0) is 27.7. The highest BCUT2D eigenvalue weighted by atomic mass is 35.5. The maximum Gasteiger partial charge on any atom is 0.264 e. The van der Waals surface area contributed by atoms with Crippen LogP contribution in [-0.2, 0) is 26.2 Å². The van der Waals surface area contributed by atoms with Crippen molar-refractivity contribution in [2.75, 3.05) is 17.4 Å². The molecule has 0 aliphatic rings. The monoisotopic (exact) mass is 559 g/mol. The molecule has 1 N–H and O–H groups in total. The molecule has 0 fully saturated rings. The number of sulfonamides is 1. The number of benzene rings is 3. The number of unbranched alkanes of at least 4 members (excludes halogenated alkanes) is 1. The van der Waals surface area contributed by atoms with E-state index in [1.807, 2.05) is 37.3 Å². The van der Waals surface area contributed by atoms with Crippen LogP contribution in [0.25, 0.3) is 0 Å². The molecule has 0 saturated carbocycles. The Morgan fingerprint density at radius 2 is 1.63 bits per heavy atom. The average molecular weight is 560 g/mol. The van der Waals surface area contributed by atoms with E-state index in [0.29, 0.717) is 6.54 Å². The van der Waals surface area contributed by atoms with Gasteiger partial charge in [0, 0.05) is 13.1 Å². The zero-order valence-electron chi connectivity index (χ0n) is 21.3. The molecule has 202 valence electrons. The molecule has 0 aliphatic heterocycles. The summed E-state index contributed by atoms with van der Waals surface area (Å²) in [6.07, 6.45) is 1.69. The van der Waals surface area contributed by atoms with Crippen molar-refractivity contribution in [3.8, 4) is 0 Å². The van der Waals surface area contributed by atoms with Crippen LogP contribution in [0.15, 0.2) is 83.8 Å². The highest BCUT2D eigenvalue weighted by Gasteiger charge is 2.32. The third-order valence-electron chi connectivity index (χ3n) is 5.99. The Kier molecular flexibility index (Phi) is 10.3. The highest BCUT2D eigenvalue weighted by Crippen LogP contribution is 2.28. The summed E-state index contributed by atoms with van der Waals surface area (Å²) in [7, 11) is -4.24. The van der Waals surface area contributed by atoms with Gasteiger partial charge >= 0.3 is 0 Å². The van der Waals surface area contributed by atoms with Gasteiger partial charge in [0.05, 0.1) is 15.6 Å².